The first-order valence-electron chi connectivity index (χ1n) is 14.0. The fourth-order valence-corrected chi connectivity index (χ4v) is 7.82. The molecule has 4 rings (SSSR count). The Morgan fingerprint density at radius 3 is 2.31 bits per heavy atom. The normalized spacial score (nSPS) is 17.5. The largest absolute Gasteiger partial charge is 0.494 e. The maximum Gasteiger partial charge on any atom is 0.241 e. The van der Waals surface area contributed by atoms with Crippen LogP contribution in [-0.2, 0) is 19.5 Å². The molecule has 0 unspecified atom stereocenters. The molecule has 0 spiro atoms. The van der Waals surface area contributed by atoms with E-state index in [2.05, 4.69) is 55.7 Å². The molecule has 0 bridgehead atoms. The molecule has 0 aliphatic carbocycles. The van der Waals surface area contributed by atoms with Crippen molar-refractivity contribution in [3.63, 3.8) is 0 Å². The molecule has 42 heavy (non-hydrogen) atoms. The molecule has 2 atom stereocenters. The van der Waals surface area contributed by atoms with Gasteiger partial charge in [-0.25, -0.2) is 22.7 Å². The molecule has 11 nitrogen and oxygen atoms in total. The van der Waals surface area contributed by atoms with Gasteiger partial charge >= 0.3 is 0 Å². The third kappa shape index (κ3) is 7.21. The molecule has 1 aromatic carbocycles. The maximum absolute atomic E-state index is 14.5. The van der Waals surface area contributed by atoms with Crippen LogP contribution < -0.4 is 9.04 Å². The second-order valence-corrected chi connectivity index (χ2v) is 20.9. The zero-order valence-corrected chi connectivity index (χ0v) is 28.9. The highest BCUT2D eigenvalue weighted by Gasteiger charge is 2.40. The topological polar surface area (TPSA) is 122 Å². The zero-order valence-electron chi connectivity index (χ0n) is 25.5. The number of halogens is 1. The average molecular weight is 682 g/mol. The van der Waals surface area contributed by atoms with Crippen LogP contribution in [0.4, 0.5) is 5.95 Å². The molecule has 3 aromatic rings. The Kier molecular flexibility index (Phi) is 9.82. The number of hydrogen-bond donors (Lipinski definition) is 0. The highest BCUT2D eigenvalue weighted by molar-refractivity contribution is 9.10. The highest BCUT2D eigenvalue weighted by atomic mass is 79.9. The van der Waals surface area contributed by atoms with Gasteiger partial charge in [0, 0.05) is 30.6 Å². The molecule has 230 valence electrons. The second-order valence-electron chi connectivity index (χ2n) is 12.3. The molecular formula is C28H41BrN6O5SSi. The molecule has 2 aromatic heterocycles. The zero-order chi connectivity index (χ0) is 30.9. The summed E-state index contributed by atoms with van der Waals surface area (Å²) in [5, 5.41) is 8.24. The van der Waals surface area contributed by atoms with E-state index in [1.807, 2.05) is 49.6 Å². The molecular weight excluding hydrogens is 640 g/mol. The summed E-state index contributed by atoms with van der Waals surface area (Å²) in [6.45, 7) is 14.8. The number of hydrogen-bond acceptors (Lipinski definition) is 9. The van der Waals surface area contributed by atoms with Crippen LogP contribution in [0.5, 0.6) is 5.75 Å². The van der Waals surface area contributed by atoms with Gasteiger partial charge in [0.1, 0.15) is 5.82 Å². The van der Waals surface area contributed by atoms with E-state index in [0.29, 0.717) is 30.6 Å². The van der Waals surface area contributed by atoms with Gasteiger partial charge in [0.25, 0.3) is 0 Å². The molecule has 1 saturated heterocycles. The van der Waals surface area contributed by atoms with Crippen LogP contribution in [0.2, 0.25) is 25.7 Å². The average Bonchev–Trinajstić information content (AvgIpc) is 3.36. The van der Waals surface area contributed by atoms with Crippen LogP contribution >= 0.6 is 15.9 Å². The first kappa shape index (κ1) is 32.5. The van der Waals surface area contributed by atoms with Gasteiger partial charge in [-0.15, -0.1) is 10.2 Å². The number of sulfonamides is 1. The van der Waals surface area contributed by atoms with Crippen LogP contribution in [0.25, 0.3) is 11.4 Å². The summed E-state index contributed by atoms with van der Waals surface area (Å²) in [4.78, 5) is 8.75. The third-order valence-electron chi connectivity index (χ3n) is 7.46. The van der Waals surface area contributed by atoms with E-state index in [-0.39, 0.29) is 18.5 Å². The SMILES string of the molecule is COc1cnc([C@@H](C)[C@H](C)S(=O)(=O)N(CC[Si](C)(C)C)c2nnc(-c3ccccc3Br)n2C2COC(C)(C)OC2)nc1. The Hall–Kier alpha value is -2.39. The minimum Gasteiger partial charge on any atom is -0.494 e. The quantitative estimate of drug-likeness (QED) is 0.242. The van der Waals surface area contributed by atoms with Crippen molar-refractivity contribution in [2.45, 2.75) is 76.4 Å². The molecule has 0 amide bonds. The first-order chi connectivity index (χ1) is 19.6. The molecule has 3 heterocycles. The minimum atomic E-state index is -3.97. The maximum atomic E-state index is 14.5. The fourth-order valence-electron chi connectivity index (χ4n) is 4.56. The van der Waals surface area contributed by atoms with Crippen LogP contribution in [0.15, 0.2) is 41.1 Å². The Labute approximate surface area is 258 Å². The van der Waals surface area contributed by atoms with Crippen molar-refractivity contribution in [3.8, 4) is 17.1 Å². The monoisotopic (exact) mass is 680 g/mol. The Balaban J connectivity index is 1.83. The van der Waals surface area contributed by atoms with Gasteiger partial charge in [-0.1, -0.05) is 60.7 Å². The fraction of sp³-hybridized carbons (Fsp3) is 0.571. The number of nitrogens with zero attached hydrogens (tertiary/aromatic N) is 6. The number of anilines is 1. The number of rotatable bonds is 11. The molecule has 0 N–H and O–H groups in total. The van der Waals surface area contributed by atoms with Crippen molar-refractivity contribution in [2.24, 2.45) is 0 Å². The van der Waals surface area contributed by atoms with Crippen LogP contribution in [0.3, 0.4) is 0 Å². The lowest BCUT2D eigenvalue weighted by Gasteiger charge is -2.37. The Morgan fingerprint density at radius 1 is 1.12 bits per heavy atom. The third-order valence-corrected chi connectivity index (χ3v) is 12.2. The van der Waals surface area contributed by atoms with Gasteiger partial charge in [-0.05, 0) is 32.9 Å². The van der Waals surface area contributed by atoms with Gasteiger partial charge in [-0.3, -0.25) is 4.57 Å². The van der Waals surface area contributed by atoms with Crippen LogP contribution in [-0.4, -0.2) is 79.1 Å². The van der Waals surface area contributed by atoms with Crippen LogP contribution in [0, 0.1) is 0 Å². The van der Waals surface area contributed by atoms with Crippen molar-refractivity contribution in [1.82, 2.24) is 24.7 Å². The Bertz CT molecular complexity index is 1470. The summed E-state index contributed by atoms with van der Waals surface area (Å²) >= 11 is 3.64. The Morgan fingerprint density at radius 2 is 1.74 bits per heavy atom. The summed E-state index contributed by atoms with van der Waals surface area (Å²) in [6, 6.07) is 8.05. The summed E-state index contributed by atoms with van der Waals surface area (Å²) < 4.78 is 50.4. The first-order valence-corrected chi connectivity index (χ1v) is 20.0. The van der Waals surface area contributed by atoms with E-state index in [0.717, 1.165) is 16.1 Å². The molecule has 1 aliphatic heterocycles. The van der Waals surface area contributed by atoms with Crippen molar-refractivity contribution < 1.29 is 22.6 Å². The van der Waals surface area contributed by atoms with Gasteiger partial charge in [0.05, 0.1) is 44.0 Å². The smallest absolute Gasteiger partial charge is 0.241 e. The van der Waals surface area contributed by atoms with Crippen molar-refractivity contribution in [2.75, 3.05) is 31.2 Å². The lowest BCUT2D eigenvalue weighted by Crippen LogP contribution is -2.45. The number of benzene rings is 1. The predicted octanol–water partition coefficient (Wildman–Crippen LogP) is 5.50. The number of methoxy groups -OCH3 is 1. The minimum absolute atomic E-state index is 0.241. The van der Waals surface area contributed by atoms with Crippen molar-refractivity contribution in [1.29, 1.82) is 0 Å². The van der Waals surface area contributed by atoms with Gasteiger partial charge in [-0.2, -0.15) is 0 Å². The summed E-state index contributed by atoms with van der Waals surface area (Å²) in [5.41, 5.74) is 0.789. The predicted molar refractivity (Wildman–Crippen MR) is 169 cm³/mol. The van der Waals surface area contributed by atoms with E-state index < -0.39 is 35.1 Å². The van der Waals surface area contributed by atoms with Gasteiger partial charge in [0.2, 0.25) is 16.0 Å². The summed E-state index contributed by atoms with van der Waals surface area (Å²) in [7, 11) is -4.11. The molecule has 0 radical (unpaired) electrons. The van der Waals surface area contributed by atoms with Gasteiger partial charge < -0.3 is 14.2 Å². The lowest BCUT2D eigenvalue weighted by molar-refractivity contribution is -0.258. The second kappa shape index (κ2) is 12.7. The number of ether oxygens (including phenoxy) is 3. The lowest BCUT2D eigenvalue weighted by atomic mass is 10.1. The van der Waals surface area contributed by atoms with Crippen molar-refractivity contribution in [3.05, 3.63) is 47.0 Å². The van der Waals surface area contributed by atoms with E-state index in [9.17, 15) is 8.42 Å². The number of aromatic nitrogens is 5. The molecule has 1 aliphatic rings. The molecule has 1 fully saturated rings. The highest BCUT2D eigenvalue weighted by Crippen LogP contribution is 2.37. The summed E-state index contributed by atoms with van der Waals surface area (Å²) in [5.74, 6) is 0.447. The van der Waals surface area contributed by atoms with E-state index in [1.54, 1.807) is 19.3 Å². The van der Waals surface area contributed by atoms with E-state index in [4.69, 9.17) is 14.2 Å². The standard InChI is InChI=1S/C28H41BrN6O5SSi/c1-19(25-30-15-22(38-5)16-31-25)20(2)41(36,37)34(13-14-42(6,7)8)27-33-32-26(23-11-9-10-12-24(23)29)35(27)21-17-39-28(3,4)40-18-21/h9-12,15-16,19-21H,13-14,17-18H2,1-8H3/t19-,20-/m0/s1. The van der Waals surface area contributed by atoms with E-state index in [1.165, 1.54) is 11.4 Å². The van der Waals surface area contributed by atoms with Crippen LogP contribution in [0.1, 0.15) is 45.5 Å². The van der Waals surface area contributed by atoms with Crippen molar-refractivity contribution >= 4 is 40.0 Å². The molecule has 0 saturated carbocycles. The molecule has 14 heteroatoms. The van der Waals surface area contributed by atoms with E-state index >= 15 is 0 Å². The van der Waals surface area contributed by atoms with Gasteiger partial charge in [0.15, 0.2) is 17.4 Å². The summed E-state index contributed by atoms with van der Waals surface area (Å²) in [6.07, 6.45) is 3.10.